The van der Waals surface area contributed by atoms with Crippen molar-refractivity contribution in [1.29, 1.82) is 0 Å². The van der Waals surface area contributed by atoms with Gasteiger partial charge in [-0.1, -0.05) is 36.4 Å². The smallest absolute Gasteiger partial charge is 0.270 e. The zero-order valence-electron chi connectivity index (χ0n) is 20.7. The molecule has 0 aliphatic heterocycles. The second kappa shape index (κ2) is 11.6. The highest BCUT2D eigenvalue weighted by Crippen LogP contribution is 2.27. The van der Waals surface area contributed by atoms with E-state index in [9.17, 15) is 17.6 Å². The maximum absolute atomic E-state index is 13.6. The maximum Gasteiger partial charge on any atom is 0.270 e. The fourth-order valence-corrected chi connectivity index (χ4v) is 3.96. The van der Waals surface area contributed by atoms with Gasteiger partial charge in [0.15, 0.2) is 5.60 Å². The van der Waals surface area contributed by atoms with Crippen molar-refractivity contribution in [3.8, 4) is 16.9 Å². The number of hydrogen-bond donors (Lipinski definition) is 0. The summed E-state index contributed by atoms with van der Waals surface area (Å²) in [5.74, 6) is -0.505. The molecule has 3 rings (SSSR count). The Kier molecular flexibility index (Phi) is 8.84. The third kappa shape index (κ3) is 7.61. The Morgan fingerprint density at radius 1 is 0.917 bits per heavy atom. The summed E-state index contributed by atoms with van der Waals surface area (Å²) in [6.45, 7) is 3.48. The molecule has 7 nitrogen and oxygen atoms in total. The van der Waals surface area contributed by atoms with Gasteiger partial charge in [-0.25, -0.2) is 4.39 Å². The lowest BCUT2D eigenvalue weighted by Gasteiger charge is -2.32. The number of carbonyl (C=O) groups is 1. The molecule has 0 bridgehead atoms. The van der Waals surface area contributed by atoms with Crippen LogP contribution in [-0.2, 0) is 30.4 Å². The minimum atomic E-state index is -3.68. The molecule has 0 unspecified atom stereocenters. The van der Waals surface area contributed by atoms with Crippen LogP contribution in [0.2, 0.25) is 0 Å². The number of anilines is 1. The van der Waals surface area contributed by atoms with E-state index in [1.54, 1.807) is 33.1 Å². The van der Waals surface area contributed by atoms with Gasteiger partial charge in [-0.15, -0.1) is 0 Å². The van der Waals surface area contributed by atoms with E-state index in [0.717, 1.165) is 22.9 Å². The molecule has 0 aliphatic rings. The Hall–Kier alpha value is -3.27. The molecule has 0 heterocycles. The summed E-state index contributed by atoms with van der Waals surface area (Å²) in [6.07, 6.45) is 0.952. The van der Waals surface area contributed by atoms with Crippen molar-refractivity contribution in [2.45, 2.75) is 26.1 Å². The van der Waals surface area contributed by atoms with Crippen molar-refractivity contribution in [3.05, 3.63) is 84.2 Å². The molecule has 0 saturated carbocycles. The number of halogens is 1. The quantitative estimate of drug-likeness (QED) is 0.341. The molecule has 0 fully saturated rings. The minimum absolute atomic E-state index is 0.0207. The molecule has 1 amide bonds. The number of ether oxygens (including phenoxy) is 2. The number of amides is 1. The predicted octanol–water partition coefficient (Wildman–Crippen LogP) is 4.81. The maximum atomic E-state index is 13.6. The first-order valence-corrected chi connectivity index (χ1v) is 13.1. The van der Waals surface area contributed by atoms with E-state index in [2.05, 4.69) is 0 Å². The van der Waals surface area contributed by atoms with Gasteiger partial charge < -0.3 is 14.4 Å². The lowest BCUT2D eigenvalue weighted by Crippen LogP contribution is -2.50. The van der Waals surface area contributed by atoms with Crippen LogP contribution >= 0.6 is 0 Å². The van der Waals surface area contributed by atoms with Crippen molar-refractivity contribution in [3.63, 3.8) is 0 Å². The highest BCUT2D eigenvalue weighted by atomic mass is 32.2. The van der Waals surface area contributed by atoms with E-state index >= 15 is 0 Å². The van der Waals surface area contributed by atoms with Gasteiger partial charge in [-0.3, -0.25) is 8.98 Å². The van der Waals surface area contributed by atoms with Crippen LogP contribution in [-0.4, -0.2) is 46.4 Å². The molecule has 0 radical (unpaired) electrons. The SMILES string of the molecule is COCc1ccc(-c2ccc(N(CCOS(C)(=O)=O)C(=O)C(C)(C)Oc3ccc(F)cc3)cc2)cc1. The number of carbonyl (C=O) groups excluding carboxylic acids is 1. The first kappa shape index (κ1) is 27.3. The fraction of sp³-hybridized carbons (Fsp3) is 0.296. The topological polar surface area (TPSA) is 82.1 Å². The molecule has 36 heavy (non-hydrogen) atoms. The Labute approximate surface area is 211 Å². The molecule has 0 atom stereocenters. The summed E-state index contributed by atoms with van der Waals surface area (Å²) in [4.78, 5) is 15.0. The second-order valence-corrected chi connectivity index (χ2v) is 10.4. The van der Waals surface area contributed by atoms with E-state index in [0.29, 0.717) is 18.0 Å². The molecule has 9 heteroatoms. The van der Waals surface area contributed by atoms with E-state index in [-0.39, 0.29) is 13.2 Å². The zero-order chi connectivity index (χ0) is 26.3. The molecule has 3 aromatic carbocycles. The van der Waals surface area contributed by atoms with Gasteiger partial charge in [0.2, 0.25) is 0 Å². The van der Waals surface area contributed by atoms with Crippen LogP contribution in [0.4, 0.5) is 10.1 Å². The summed E-state index contributed by atoms with van der Waals surface area (Å²) in [7, 11) is -2.03. The van der Waals surface area contributed by atoms with Crippen molar-refractivity contribution in [1.82, 2.24) is 0 Å². The average molecular weight is 516 g/mol. The number of methoxy groups -OCH3 is 1. The molecule has 0 saturated heterocycles. The van der Waals surface area contributed by atoms with Crippen LogP contribution in [0, 0.1) is 5.82 Å². The summed E-state index contributed by atoms with van der Waals surface area (Å²) in [6, 6.07) is 20.6. The number of hydrogen-bond acceptors (Lipinski definition) is 6. The van der Waals surface area contributed by atoms with Gasteiger partial charge in [-0.05, 0) is 66.9 Å². The molecule has 0 spiro atoms. The van der Waals surface area contributed by atoms with Crippen LogP contribution in [0.1, 0.15) is 19.4 Å². The second-order valence-electron chi connectivity index (χ2n) is 8.73. The first-order chi connectivity index (χ1) is 17.0. The van der Waals surface area contributed by atoms with E-state index in [4.69, 9.17) is 13.7 Å². The first-order valence-electron chi connectivity index (χ1n) is 11.3. The van der Waals surface area contributed by atoms with Gasteiger partial charge in [-0.2, -0.15) is 8.42 Å². The Bertz CT molecular complexity index is 1260. The van der Waals surface area contributed by atoms with Gasteiger partial charge >= 0.3 is 0 Å². The summed E-state index contributed by atoms with van der Waals surface area (Å²) >= 11 is 0. The van der Waals surface area contributed by atoms with E-state index < -0.39 is 27.4 Å². The summed E-state index contributed by atoms with van der Waals surface area (Å²) in [5, 5.41) is 0. The lowest BCUT2D eigenvalue weighted by molar-refractivity contribution is -0.131. The summed E-state index contributed by atoms with van der Waals surface area (Å²) in [5.41, 5.74) is 2.22. The van der Waals surface area contributed by atoms with Crippen molar-refractivity contribution < 1.29 is 31.3 Å². The highest BCUT2D eigenvalue weighted by Gasteiger charge is 2.35. The van der Waals surface area contributed by atoms with Crippen LogP contribution in [0.25, 0.3) is 11.1 Å². The zero-order valence-corrected chi connectivity index (χ0v) is 21.5. The van der Waals surface area contributed by atoms with Crippen molar-refractivity contribution in [2.75, 3.05) is 31.4 Å². The molecule has 3 aromatic rings. The van der Waals surface area contributed by atoms with Crippen LogP contribution in [0.3, 0.4) is 0 Å². The molecule has 192 valence electrons. The normalized spacial score (nSPS) is 11.8. The van der Waals surface area contributed by atoms with Crippen molar-refractivity contribution >= 4 is 21.7 Å². The van der Waals surface area contributed by atoms with Crippen LogP contribution in [0.15, 0.2) is 72.8 Å². The lowest BCUT2D eigenvalue weighted by atomic mass is 10.0. The number of rotatable bonds is 11. The minimum Gasteiger partial charge on any atom is -0.478 e. The van der Waals surface area contributed by atoms with Crippen LogP contribution < -0.4 is 9.64 Å². The standard InChI is InChI=1S/C27H30FNO6S/c1-27(2,35-25-15-11-23(28)12-16-25)26(30)29(17-18-34-36(4,31)32)24-13-9-22(10-14-24)21-7-5-20(6-8-21)19-33-3/h5-16H,17-19H2,1-4H3. The van der Waals surface area contributed by atoms with E-state index in [1.807, 2.05) is 36.4 Å². The monoisotopic (exact) mass is 515 g/mol. The van der Waals surface area contributed by atoms with Gasteiger partial charge in [0, 0.05) is 12.8 Å². The molecular weight excluding hydrogens is 485 g/mol. The molecule has 0 aromatic heterocycles. The highest BCUT2D eigenvalue weighted by molar-refractivity contribution is 7.85. The molecular formula is C27H30FNO6S. The predicted molar refractivity (Wildman–Crippen MR) is 137 cm³/mol. The van der Waals surface area contributed by atoms with Gasteiger partial charge in [0.05, 0.1) is 26.0 Å². The fourth-order valence-electron chi connectivity index (χ4n) is 3.59. The largest absolute Gasteiger partial charge is 0.478 e. The number of benzene rings is 3. The van der Waals surface area contributed by atoms with E-state index in [1.165, 1.54) is 29.2 Å². The third-order valence-electron chi connectivity index (χ3n) is 5.34. The van der Waals surface area contributed by atoms with Crippen molar-refractivity contribution in [2.24, 2.45) is 0 Å². The molecule has 0 aliphatic carbocycles. The Morgan fingerprint density at radius 3 is 2.00 bits per heavy atom. The van der Waals surface area contributed by atoms with Gasteiger partial charge in [0.1, 0.15) is 11.6 Å². The number of nitrogens with zero attached hydrogens (tertiary/aromatic N) is 1. The molecule has 0 N–H and O–H groups in total. The Balaban J connectivity index is 1.84. The third-order valence-corrected chi connectivity index (χ3v) is 5.93. The Morgan fingerprint density at radius 2 is 1.47 bits per heavy atom. The average Bonchev–Trinajstić information content (AvgIpc) is 2.83. The summed E-state index contributed by atoms with van der Waals surface area (Å²) < 4.78 is 52.1. The van der Waals surface area contributed by atoms with Gasteiger partial charge in [0.25, 0.3) is 16.0 Å². The van der Waals surface area contributed by atoms with Crippen LogP contribution in [0.5, 0.6) is 5.75 Å².